The van der Waals surface area contributed by atoms with Crippen molar-refractivity contribution < 1.29 is 9.90 Å². The Bertz CT molecular complexity index is 605. The highest BCUT2D eigenvalue weighted by molar-refractivity contribution is 9.11. The van der Waals surface area contributed by atoms with E-state index in [0.29, 0.717) is 12.2 Å². The molecule has 0 aliphatic rings. The summed E-state index contributed by atoms with van der Waals surface area (Å²) in [4.78, 5) is 11.1. The SMILES string of the molecule is CCn1c(C(=O)O)ccc1-c1cc(Br)ccc1Br. The second kappa shape index (κ2) is 5.28. The quantitative estimate of drug-likeness (QED) is 0.867. The molecule has 1 N–H and O–H groups in total. The number of carboxylic acid groups (broad SMARTS) is 1. The first-order chi connectivity index (χ1) is 8.54. The summed E-state index contributed by atoms with van der Waals surface area (Å²) >= 11 is 6.92. The van der Waals surface area contributed by atoms with Crippen LogP contribution >= 0.6 is 31.9 Å². The topological polar surface area (TPSA) is 42.2 Å². The van der Waals surface area contributed by atoms with Crippen LogP contribution in [0.3, 0.4) is 0 Å². The minimum absolute atomic E-state index is 0.305. The van der Waals surface area contributed by atoms with E-state index in [1.165, 1.54) is 0 Å². The van der Waals surface area contributed by atoms with E-state index in [9.17, 15) is 4.79 Å². The summed E-state index contributed by atoms with van der Waals surface area (Å²) in [5.74, 6) is -0.908. The van der Waals surface area contributed by atoms with Crippen LogP contribution in [-0.2, 0) is 6.54 Å². The standard InChI is InChI=1S/C13H11Br2NO2/c1-2-16-11(5-6-12(16)13(17)18)9-7-8(14)3-4-10(9)15/h3-7H,2H2,1H3,(H,17,18). The predicted octanol–water partition coefficient (Wildman–Crippen LogP) is 4.40. The molecule has 1 aromatic heterocycles. The molecule has 3 nitrogen and oxygen atoms in total. The number of aromatic carboxylic acids is 1. The van der Waals surface area contributed by atoms with E-state index in [1.807, 2.05) is 31.2 Å². The van der Waals surface area contributed by atoms with E-state index in [2.05, 4.69) is 31.9 Å². The van der Waals surface area contributed by atoms with Crippen molar-refractivity contribution in [3.05, 3.63) is 45.0 Å². The second-order valence-electron chi connectivity index (χ2n) is 3.78. The predicted molar refractivity (Wildman–Crippen MR) is 77.9 cm³/mol. The fourth-order valence-electron chi connectivity index (χ4n) is 1.92. The number of halogens is 2. The Kier molecular flexibility index (Phi) is 3.92. The van der Waals surface area contributed by atoms with Gasteiger partial charge in [-0.15, -0.1) is 0 Å². The number of carboxylic acids is 1. The molecule has 0 radical (unpaired) electrons. The van der Waals surface area contributed by atoms with Gasteiger partial charge >= 0.3 is 5.97 Å². The molecule has 18 heavy (non-hydrogen) atoms. The lowest BCUT2D eigenvalue weighted by Gasteiger charge is -2.11. The molecule has 2 rings (SSSR count). The van der Waals surface area contributed by atoms with Gasteiger partial charge in [0.2, 0.25) is 0 Å². The van der Waals surface area contributed by atoms with Crippen LogP contribution in [0, 0.1) is 0 Å². The summed E-state index contributed by atoms with van der Waals surface area (Å²) in [6, 6.07) is 9.31. The van der Waals surface area contributed by atoms with E-state index in [1.54, 1.807) is 10.6 Å². The Morgan fingerprint density at radius 3 is 2.61 bits per heavy atom. The molecule has 0 unspecified atom stereocenters. The van der Waals surface area contributed by atoms with E-state index in [0.717, 1.165) is 20.2 Å². The number of carbonyl (C=O) groups is 1. The highest BCUT2D eigenvalue weighted by Crippen LogP contribution is 2.32. The van der Waals surface area contributed by atoms with Crippen LogP contribution < -0.4 is 0 Å². The molecule has 0 fully saturated rings. The Hall–Kier alpha value is -1.07. The third-order valence-corrected chi connectivity index (χ3v) is 3.91. The lowest BCUT2D eigenvalue weighted by atomic mass is 10.1. The molecule has 0 saturated carbocycles. The van der Waals surface area contributed by atoms with Gasteiger partial charge in [-0.05, 0) is 37.3 Å². The first-order valence-electron chi connectivity index (χ1n) is 5.42. The van der Waals surface area contributed by atoms with E-state index in [4.69, 9.17) is 5.11 Å². The number of hydrogen-bond acceptors (Lipinski definition) is 1. The van der Waals surface area contributed by atoms with Gasteiger partial charge in [0.15, 0.2) is 0 Å². The Morgan fingerprint density at radius 2 is 2.00 bits per heavy atom. The Labute approximate surface area is 122 Å². The number of nitrogens with zero attached hydrogens (tertiary/aromatic N) is 1. The van der Waals surface area contributed by atoms with Crippen molar-refractivity contribution in [2.24, 2.45) is 0 Å². The summed E-state index contributed by atoms with van der Waals surface area (Å²) in [7, 11) is 0. The molecule has 0 aliphatic heterocycles. The molecule has 0 amide bonds. The zero-order chi connectivity index (χ0) is 13.3. The fraction of sp³-hybridized carbons (Fsp3) is 0.154. The third kappa shape index (κ3) is 2.37. The highest BCUT2D eigenvalue weighted by Gasteiger charge is 2.15. The average molecular weight is 373 g/mol. The van der Waals surface area contributed by atoms with Gasteiger partial charge in [-0.25, -0.2) is 4.79 Å². The van der Waals surface area contributed by atoms with Gasteiger partial charge in [0.1, 0.15) is 5.69 Å². The lowest BCUT2D eigenvalue weighted by molar-refractivity contribution is 0.0685. The summed E-state index contributed by atoms with van der Waals surface area (Å²) in [6.45, 7) is 2.55. The summed E-state index contributed by atoms with van der Waals surface area (Å²) in [5, 5.41) is 9.14. The summed E-state index contributed by atoms with van der Waals surface area (Å²) < 4.78 is 3.69. The van der Waals surface area contributed by atoms with Crippen LogP contribution in [-0.4, -0.2) is 15.6 Å². The van der Waals surface area contributed by atoms with E-state index < -0.39 is 5.97 Å². The van der Waals surface area contributed by atoms with Crippen LogP contribution in [0.25, 0.3) is 11.3 Å². The molecule has 1 aromatic carbocycles. The van der Waals surface area contributed by atoms with Gasteiger partial charge in [-0.2, -0.15) is 0 Å². The maximum Gasteiger partial charge on any atom is 0.352 e. The van der Waals surface area contributed by atoms with Crippen LogP contribution in [0.4, 0.5) is 0 Å². The lowest BCUT2D eigenvalue weighted by Crippen LogP contribution is -2.08. The van der Waals surface area contributed by atoms with Crippen molar-refractivity contribution in [1.29, 1.82) is 0 Å². The molecule has 2 aromatic rings. The van der Waals surface area contributed by atoms with Crippen LogP contribution in [0.5, 0.6) is 0 Å². The number of hydrogen-bond donors (Lipinski definition) is 1. The summed E-state index contributed by atoms with van der Waals surface area (Å²) in [6.07, 6.45) is 0. The number of aromatic nitrogens is 1. The molecule has 0 saturated heterocycles. The number of rotatable bonds is 3. The van der Waals surface area contributed by atoms with Crippen LogP contribution in [0.1, 0.15) is 17.4 Å². The molecule has 0 atom stereocenters. The van der Waals surface area contributed by atoms with Crippen LogP contribution in [0.15, 0.2) is 39.3 Å². The van der Waals surface area contributed by atoms with Gasteiger partial charge in [0.05, 0.1) is 0 Å². The maximum absolute atomic E-state index is 11.1. The van der Waals surface area contributed by atoms with Crippen molar-refractivity contribution in [1.82, 2.24) is 4.57 Å². The van der Waals surface area contributed by atoms with Gasteiger partial charge in [-0.3, -0.25) is 0 Å². The molecule has 0 bridgehead atoms. The molecule has 94 valence electrons. The van der Waals surface area contributed by atoms with Crippen molar-refractivity contribution in [3.63, 3.8) is 0 Å². The van der Waals surface area contributed by atoms with Gasteiger partial charge in [-0.1, -0.05) is 31.9 Å². The largest absolute Gasteiger partial charge is 0.477 e. The van der Waals surface area contributed by atoms with Gasteiger partial charge in [0, 0.05) is 26.7 Å². The summed E-state index contributed by atoms with van der Waals surface area (Å²) in [5.41, 5.74) is 2.17. The van der Waals surface area contributed by atoms with Crippen LogP contribution in [0.2, 0.25) is 0 Å². The van der Waals surface area contributed by atoms with Gasteiger partial charge in [0.25, 0.3) is 0 Å². The fourth-order valence-corrected chi connectivity index (χ4v) is 2.73. The molecular formula is C13H11Br2NO2. The number of benzene rings is 1. The molecule has 5 heteroatoms. The van der Waals surface area contributed by atoms with Gasteiger partial charge < -0.3 is 9.67 Å². The van der Waals surface area contributed by atoms with Crippen molar-refractivity contribution >= 4 is 37.8 Å². The van der Waals surface area contributed by atoms with Crippen molar-refractivity contribution in [3.8, 4) is 11.3 Å². The third-order valence-electron chi connectivity index (χ3n) is 2.72. The molecular weight excluding hydrogens is 362 g/mol. The molecule has 0 spiro atoms. The average Bonchev–Trinajstić information content (AvgIpc) is 2.75. The minimum atomic E-state index is -0.908. The maximum atomic E-state index is 11.1. The first-order valence-corrected chi connectivity index (χ1v) is 7.01. The Morgan fingerprint density at radius 1 is 1.28 bits per heavy atom. The molecule has 1 heterocycles. The van der Waals surface area contributed by atoms with Crippen molar-refractivity contribution in [2.75, 3.05) is 0 Å². The van der Waals surface area contributed by atoms with E-state index in [-0.39, 0.29) is 0 Å². The monoisotopic (exact) mass is 371 g/mol. The minimum Gasteiger partial charge on any atom is -0.477 e. The molecule has 0 aliphatic carbocycles. The normalized spacial score (nSPS) is 10.6. The highest BCUT2D eigenvalue weighted by atomic mass is 79.9. The first kappa shape index (κ1) is 13.4. The zero-order valence-corrected chi connectivity index (χ0v) is 12.8. The second-order valence-corrected chi connectivity index (χ2v) is 5.55. The smallest absolute Gasteiger partial charge is 0.352 e. The Balaban J connectivity index is 2.64. The van der Waals surface area contributed by atoms with Crippen molar-refractivity contribution in [2.45, 2.75) is 13.5 Å². The van der Waals surface area contributed by atoms with E-state index >= 15 is 0 Å². The zero-order valence-electron chi connectivity index (χ0n) is 9.65.